The van der Waals surface area contributed by atoms with Crippen LogP contribution in [0.4, 0.5) is 5.69 Å². The van der Waals surface area contributed by atoms with Crippen molar-refractivity contribution in [2.75, 3.05) is 0 Å². The third-order valence-corrected chi connectivity index (χ3v) is 1.89. The van der Waals surface area contributed by atoms with E-state index in [0.29, 0.717) is 5.69 Å². The molecule has 0 heterocycles. The molecule has 0 fully saturated rings. The van der Waals surface area contributed by atoms with Gasteiger partial charge in [0.2, 0.25) is 0 Å². The van der Waals surface area contributed by atoms with Gasteiger partial charge in [-0.3, -0.25) is 0 Å². The van der Waals surface area contributed by atoms with Crippen molar-refractivity contribution in [1.82, 2.24) is 0 Å². The summed E-state index contributed by atoms with van der Waals surface area (Å²) in [4.78, 5) is 0. The molecule has 14 heavy (non-hydrogen) atoms. The molecule has 0 aromatic heterocycles. The van der Waals surface area contributed by atoms with Crippen molar-refractivity contribution in [3.63, 3.8) is 0 Å². The zero-order chi connectivity index (χ0) is 9.10. The van der Waals surface area contributed by atoms with Gasteiger partial charge in [0.15, 0.2) is 0 Å². The molecule has 0 saturated heterocycles. The molecule has 0 amide bonds. The van der Waals surface area contributed by atoms with E-state index in [9.17, 15) is 5.21 Å². The van der Waals surface area contributed by atoms with Crippen molar-refractivity contribution in [2.24, 2.45) is 10.4 Å². The summed E-state index contributed by atoms with van der Waals surface area (Å²) in [6, 6.07) is 13.4. The van der Waals surface area contributed by atoms with Gasteiger partial charge in [0.25, 0.3) is 0 Å². The summed E-state index contributed by atoms with van der Waals surface area (Å²) in [7, 11) is 0. The number of benzene rings is 2. The van der Waals surface area contributed by atoms with Crippen molar-refractivity contribution < 1.29 is 18.9 Å². The van der Waals surface area contributed by atoms with Crippen molar-refractivity contribution in [1.29, 1.82) is 0 Å². The quantitative estimate of drug-likeness (QED) is 0.354. The Morgan fingerprint density at radius 1 is 0.929 bits per heavy atom. The Balaban J connectivity index is 0.000000980. The third kappa shape index (κ3) is 2.14. The van der Waals surface area contributed by atoms with Crippen molar-refractivity contribution in [3.05, 3.63) is 47.7 Å². The molecule has 0 N–H and O–H groups in total. The Labute approximate surface area is 93.6 Å². The zero-order valence-corrected chi connectivity index (χ0v) is 7.84. The normalized spacial score (nSPS) is 10.3. The summed E-state index contributed by atoms with van der Waals surface area (Å²) >= 11 is 0. The minimum Gasteiger partial charge on any atom is -0.775 e. The average Bonchev–Trinajstić information content (AvgIpc) is 2.18. The summed E-state index contributed by atoms with van der Waals surface area (Å²) in [6.07, 6.45) is 0. The Morgan fingerprint density at radius 2 is 1.64 bits per heavy atom. The largest absolute Gasteiger partial charge is 1.00 e. The van der Waals surface area contributed by atoms with E-state index in [0.717, 1.165) is 10.8 Å². The van der Waals surface area contributed by atoms with Gasteiger partial charge < -0.3 is 5.21 Å². The predicted molar refractivity (Wildman–Crippen MR) is 51.8 cm³/mol. The van der Waals surface area contributed by atoms with E-state index in [1.165, 1.54) is 0 Å². The summed E-state index contributed by atoms with van der Waals surface area (Å²) in [6.45, 7) is 0. The Morgan fingerprint density at radius 3 is 2.36 bits per heavy atom. The van der Waals surface area contributed by atoms with E-state index < -0.39 is 0 Å². The van der Waals surface area contributed by atoms with Crippen LogP contribution in [0.1, 0.15) is 0 Å². The number of hydrogen-bond acceptors (Lipinski definition) is 3. The fourth-order valence-electron chi connectivity index (χ4n) is 1.29. The van der Waals surface area contributed by atoms with E-state index >= 15 is 0 Å². The molecule has 0 aliphatic carbocycles. The summed E-state index contributed by atoms with van der Waals surface area (Å²) in [5, 5.41) is 18.0. The first kappa shape index (κ1) is 10.8. The Bertz CT molecular complexity index is 457. The van der Waals surface area contributed by atoms with Gasteiger partial charge in [-0.15, -0.1) is 0 Å². The van der Waals surface area contributed by atoms with Gasteiger partial charge >= 0.3 is 18.9 Å². The van der Waals surface area contributed by atoms with Crippen LogP contribution < -0.4 is 18.9 Å². The van der Waals surface area contributed by atoms with Crippen molar-refractivity contribution >= 4 is 16.5 Å². The Hall–Kier alpha value is -1.30. The Kier molecular flexibility index (Phi) is 3.70. The second kappa shape index (κ2) is 4.80. The zero-order valence-electron chi connectivity index (χ0n) is 7.84. The van der Waals surface area contributed by atoms with E-state index in [-0.39, 0.29) is 18.9 Å². The molecule has 2 rings (SSSR count). The molecular formula is C10H7LiN2O. The van der Waals surface area contributed by atoms with Crippen LogP contribution in [0.5, 0.6) is 0 Å². The molecule has 4 heteroatoms. The maximum atomic E-state index is 9.89. The first-order valence-corrected chi connectivity index (χ1v) is 3.92. The molecule has 0 radical (unpaired) electrons. The van der Waals surface area contributed by atoms with E-state index in [1.54, 1.807) is 6.07 Å². The van der Waals surface area contributed by atoms with Crippen molar-refractivity contribution in [3.8, 4) is 0 Å². The van der Waals surface area contributed by atoms with Gasteiger partial charge in [-0.2, -0.15) is 5.11 Å². The van der Waals surface area contributed by atoms with Gasteiger partial charge in [0, 0.05) is 0 Å². The summed E-state index contributed by atoms with van der Waals surface area (Å²) < 4.78 is 0. The standard InChI is InChI=1S/C10H8N2O.Li/c13-12-11-10-6-5-8-3-1-2-4-9(8)7-10;/h1-7H,(H,11,13);/q;+1/p-1. The maximum Gasteiger partial charge on any atom is 1.00 e. The SMILES string of the molecule is [Li+].[O-]N=Nc1ccc2ccccc2c1. The molecule has 64 valence electrons. The second-order valence-electron chi connectivity index (χ2n) is 2.71. The average molecular weight is 178 g/mol. The molecule has 0 atom stereocenters. The minimum atomic E-state index is 0. The number of hydrogen-bond donors (Lipinski definition) is 0. The van der Waals surface area contributed by atoms with Crippen LogP contribution >= 0.6 is 0 Å². The molecule has 0 saturated carbocycles. The fourth-order valence-corrected chi connectivity index (χ4v) is 1.29. The van der Waals surface area contributed by atoms with Crippen LogP contribution in [-0.4, -0.2) is 0 Å². The van der Waals surface area contributed by atoms with Crippen LogP contribution in [0, 0.1) is 5.21 Å². The van der Waals surface area contributed by atoms with Crippen LogP contribution in [0.2, 0.25) is 0 Å². The molecule has 0 unspecified atom stereocenters. The molecule has 3 nitrogen and oxygen atoms in total. The number of rotatable bonds is 1. The summed E-state index contributed by atoms with van der Waals surface area (Å²) in [5.41, 5.74) is 0.591. The first-order valence-electron chi connectivity index (χ1n) is 3.92. The van der Waals surface area contributed by atoms with Gasteiger partial charge in [-0.05, 0) is 22.9 Å². The van der Waals surface area contributed by atoms with E-state index in [1.807, 2.05) is 36.4 Å². The topological polar surface area (TPSA) is 47.8 Å². The number of nitrogens with zero attached hydrogens (tertiary/aromatic N) is 2. The molecule has 2 aromatic rings. The maximum absolute atomic E-state index is 9.89. The molecule has 0 bridgehead atoms. The molecule has 2 aromatic carbocycles. The predicted octanol–water partition coefficient (Wildman–Crippen LogP) is 0.425. The van der Waals surface area contributed by atoms with Crippen LogP contribution in [-0.2, 0) is 0 Å². The van der Waals surface area contributed by atoms with Gasteiger partial charge in [-0.25, -0.2) is 5.28 Å². The van der Waals surface area contributed by atoms with E-state index in [2.05, 4.69) is 10.4 Å². The fraction of sp³-hybridized carbons (Fsp3) is 0. The molecular weight excluding hydrogens is 171 g/mol. The molecule has 0 aliphatic rings. The second-order valence-corrected chi connectivity index (χ2v) is 2.71. The van der Waals surface area contributed by atoms with Gasteiger partial charge in [-0.1, -0.05) is 30.3 Å². The van der Waals surface area contributed by atoms with Gasteiger partial charge in [0.05, 0.1) is 5.69 Å². The molecule has 0 spiro atoms. The van der Waals surface area contributed by atoms with Crippen molar-refractivity contribution in [2.45, 2.75) is 0 Å². The first-order chi connectivity index (χ1) is 6.40. The van der Waals surface area contributed by atoms with E-state index in [4.69, 9.17) is 0 Å². The van der Waals surface area contributed by atoms with Crippen LogP contribution in [0.3, 0.4) is 0 Å². The summed E-state index contributed by atoms with van der Waals surface area (Å²) in [5.74, 6) is 0. The molecule has 0 aliphatic heterocycles. The van der Waals surface area contributed by atoms with Crippen LogP contribution in [0.15, 0.2) is 52.9 Å². The third-order valence-electron chi connectivity index (χ3n) is 1.89. The minimum absolute atomic E-state index is 0. The smallest absolute Gasteiger partial charge is 0.775 e. The van der Waals surface area contributed by atoms with Crippen LogP contribution in [0.25, 0.3) is 10.8 Å². The van der Waals surface area contributed by atoms with Gasteiger partial charge in [0.1, 0.15) is 0 Å². The monoisotopic (exact) mass is 178 g/mol. The number of fused-ring (bicyclic) bond motifs is 1.